The predicted molar refractivity (Wildman–Crippen MR) is 62.9 cm³/mol. The Morgan fingerprint density at radius 3 is 2.44 bits per heavy atom. The maximum absolute atomic E-state index is 12.0. The van der Waals surface area contributed by atoms with E-state index in [1.165, 1.54) is 0 Å². The van der Waals surface area contributed by atoms with E-state index in [1.54, 1.807) is 0 Å². The lowest BCUT2D eigenvalue weighted by molar-refractivity contribution is -0.137. The Morgan fingerprint density at radius 1 is 1.38 bits per heavy atom. The summed E-state index contributed by atoms with van der Waals surface area (Å²) in [5.41, 5.74) is 5.57. The van der Waals surface area contributed by atoms with E-state index in [0.29, 0.717) is 13.1 Å². The summed E-state index contributed by atoms with van der Waals surface area (Å²) >= 11 is 0. The van der Waals surface area contributed by atoms with E-state index in [1.807, 2.05) is 11.8 Å². The van der Waals surface area contributed by atoms with Gasteiger partial charge < -0.3 is 15.7 Å². The molecule has 0 aromatic rings. The van der Waals surface area contributed by atoms with Crippen LogP contribution in [-0.4, -0.2) is 66.7 Å². The third-order valence-electron chi connectivity index (χ3n) is 3.23. The highest BCUT2D eigenvalue weighted by Gasteiger charge is 2.25. The van der Waals surface area contributed by atoms with Crippen LogP contribution in [0.5, 0.6) is 0 Å². The van der Waals surface area contributed by atoms with Crippen LogP contribution >= 0.6 is 0 Å². The van der Waals surface area contributed by atoms with Crippen molar-refractivity contribution in [1.82, 2.24) is 9.80 Å². The molecule has 0 aromatic carbocycles. The molecule has 5 nitrogen and oxygen atoms in total. The molecule has 1 heterocycles. The molecule has 0 aromatic heterocycles. The van der Waals surface area contributed by atoms with Gasteiger partial charge in [0.1, 0.15) is 0 Å². The second-order valence-electron chi connectivity index (χ2n) is 4.23. The van der Waals surface area contributed by atoms with Gasteiger partial charge in [-0.1, -0.05) is 6.92 Å². The first-order valence-electron chi connectivity index (χ1n) is 6.05. The van der Waals surface area contributed by atoms with Gasteiger partial charge in [-0.25, -0.2) is 0 Å². The molecule has 1 fully saturated rings. The monoisotopic (exact) mass is 229 g/mol. The molecule has 0 bridgehead atoms. The highest BCUT2D eigenvalue weighted by molar-refractivity contribution is 5.79. The van der Waals surface area contributed by atoms with Gasteiger partial charge in [-0.3, -0.25) is 9.69 Å². The summed E-state index contributed by atoms with van der Waals surface area (Å²) in [6.07, 6.45) is 0.812. The normalized spacial score (nSPS) is 19.8. The molecule has 1 rings (SSSR count). The fraction of sp³-hybridized carbons (Fsp3) is 0.909. The van der Waals surface area contributed by atoms with E-state index in [2.05, 4.69) is 4.90 Å². The highest BCUT2D eigenvalue weighted by atomic mass is 16.3. The van der Waals surface area contributed by atoms with Gasteiger partial charge >= 0.3 is 0 Å². The smallest absolute Gasteiger partial charge is 0.227 e. The molecule has 1 saturated heterocycles. The zero-order chi connectivity index (χ0) is 12.0. The van der Waals surface area contributed by atoms with E-state index in [4.69, 9.17) is 10.8 Å². The number of β-amino-alcohol motifs (C(OH)–C–C–N with tert-alkyl or cyclic N) is 1. The SMILES string of the molecule is CCC(CN)C(=O)N1CCN(CCO)CC1. The zero-order valence-electron chi connectivity index (χ0n) is 10.1. The number of rotatable bonds is 5. The number of carbonyl (C=O) groups excluding carboxylic acids is 1. The Hall–Kier alpha value is -0.650. The summed E-state index contributed by atoms with van der Waals surface area (Å²) in [5, 5.41) is 8.82. The molecule has 0 aliphatic carbocycles. The van der Waals surface area contributed by atoms with Gasteiger partial charge in [0, 0.05) is 39.3 Å². The number of aliphatic hydroxyl groups is 1. The third kappa shape index (κ3) is 3.43. The molecule has 94 valence electrons. The minimum absolute atomic E-state index is 0.0237. The number of hydrogen-bond acceptors (Lipinski definition) is 4. The molecule has 1 aliphatic rings. The van der Waals surface area contributed by atoms with Crippen LogP contribution in [0.2, 0.25) is 0 Å². The lowest BCUT2D eigenvalue weighted by atomic mass is 10.0. The van der Waals surface area contributed by atoms with Gasteiger partial charge in [-0.05, 0) is 6.42 Å². The van der Waals surface area contributed by atoms with Gasteiger partial charge in [0.2, 0.25) is 5.91 Å². The van der Waals surface area contributed by atoms with E-state index >= 15 is 0 Å². The fourth-order valence-corrected chi connectivity index (χ4v) is 2.03. The Kier molecular flexibility index (Phi) is 5.73. The molecule has 0 saturated carbocycles. The van der Waals surface area contributed by atoms with Crippen LogP contribution in [0.3, 0.4) is 0 Å². The first kappa shape index (κ1) is 13.4. The Bertz CT molecular complexity index is 211. The number of aliphatic hydroxyl groups excluding tert-OH is 1. The molecular weight excluding hydrogens is 206 g/mol. The lowest BCUT2D eigenvalue weighted by Gasteiger charge is -2.35. The largest absolute Gasteiger partial charge is 0.395 e. The van der Waals surface area contributed by atoms with Gasteiger partial charge in [0.15, 0.2) is 0 Å². The fourth-order valence-electron chi connectivity index (χ4n) is 2.03. The standard InChI is InChI=1S/C11H23N3O2/c1-2-10(9-12)11(16)14-5-3-13(4-6-14)7-8-15/h10,15H,2-9,12H2,1H3. The van der Waals surface area contributed by atoms with Crippen molar-refractivity contribution in [3.63, 3.8) is 0 Å². The maximum Gasteiger partial charge on any atom is 0.227 e. The van der Waals surface area contributed by atoms with E-state index < -0.39 is 0 Å². The molecule has 1 unspecified atom stereocenters. The van der Waals surface area contributed by atoms with E-state index in [0.717, 1.165) is 32.6 Å². The van der Waals surface area contributed by atoms with Crippen molar-refractivity contribution in [1.29, 1.82) is 0 Å². The molecule has 5 heteroatoms. The van der Waals surface area contributed by atoms with Crippen molar-refractivity contribution in [2.45, 2.75) is 13.3 Å². The lowest BCUT2D eigenvalue weighted by Crippen LogP contribution is -2.51. The predicted octanol–water partition coefficient (Wildman–Crippen LogP) is -0.892. The van der Waals surface area contributed by atoms with Gasteiger partial charge in [0.05, 0.1) is 12.5 Å². The summed E-state index contributed by atoms with van der Waals surface area (Å²) in [5.74, 6) is 0.165. The average molecular weight is 229 g/mol. The summed E-state index contributed by atoms with van der Waals surface area (Å²) in [4.78, 5) is 16.1. The molecule has 1 atom stereocenters. The van der Waals surface area contributed by atoms with Crippen molar-refractivity contribution in [3.8, 4) is 0 Å². The first-order chi connectivity index (χ1) is 7.72. The summed E-state index contributed by atoms with van der Waals surface area (Å²) < 4.78 is 0. The number of piperazine rings is 1. The van der Waals surface area contributed by atoms with Crippen molar-refractivity contribution in [2.75, 3.05) is 45.9 Å². The molecule has 0 spiro atoms. The summed E-state index contributed by atoms with van der Waals surface area (Å²) in [6, 6.07) is 0. The maximum atomic E-state index is 12.0. The van der Waals surface area contributed by atoms with Crippen LogP contribution in [0.1, 0.15) is 13.3 Å². The summed E-state index contributed by atoms with van der Waals surface area (Å²) in [7, 11) is 0. The quantitative estimate of drug-likeness (QED) is 0.641. The van der Waals surface area contributed by atoms with Crippen LogP contribution in [-0.2, 0) is 4.79 Å². The minimum Gasteiger partial charge on any atom is -0.395 e. The Morgan fingerprint density at radius 2 is 2.00 bits per heavy atom. The van der Waals surface area contributed by atoms with Crippen LogP contribution in [0.4, 0.5) is 0 Å². The van der Waals surface area contributed by atoms with Crippen LogP contribution in [0.25, 0.3) is 0 Å². The van der Waals surface area contributed by atoms with Crippen LogP contribution in [0.15, 0.2) is 0 Å². The molecule has 3 N–H and O–H groups in total. The number of nitrogens with two attached hydrogens (primary N) is 1. The van der Waals surface area contributed by atoms with Crippen LogP contribution < -0.4 is 5.73 Å². The van der Waals surface area contributed by atoms with Crippen molar-refractivity contribution >= 4 is 5.91 Å². The molecule has 16 heavy (non-hydrogen) atoms. The second-order valence-corrected chi connectivity index (χ2v) is 4.23. The molecule has 0 radical (unpaired) electrons. The minimum atomic E-state index is -0.0237. The Labute approximate surface area is 97.2 Å². The number of carbonyl (C=O) groups is 1. The number of amides is 1. The van der Waals surface area contributed by atoms with E-state index in [9.17, 15) is 4.79 Å². The molecular formula is C11H23N3O2. The highest BCUT2D eigenvalue weighted by Crippen LogP contribution is 2.09. The zero-order valence-corrected chi connectivity index (χ0v) is 10.1. The van der Waals surface area contributed by atoms with Crippen molar-refractivity contribution in [3.05, 3.63) is 0 Å². The van der Waals surface area contributed by atoms with Gasteiger partial charge in [-0.2, -0.15) is 0 Å². The first-order valence-corrected chi connectivity index (χ1v) is 6.05. The number of hydrogen-bond donors (Lipinski definition) is 2. The summed E-state index contributed by atoms with van der Waals surface area (Å²) in [6.45, 7) is 6.55. The molecule has 1 aliphatic heterocycles. The van der Waals surface area contributed by atoms with Gasteiger partial charge in [0.25, 0.3) is 0 Å². The molecule has 1 amide bonds. The number of nitrogens with zero attached hydrogens (tertiary/aromatic N) is 2. The second kappa shape index (κ2) is 6.83. The van der Waals surface area contributed by atoms with Crippen molar-refractivity contribution < 1.29 is 9.90 Å². The third-order valence-corrected chi connectivity index (χ3v) is 3.23. The van der Waals surface area contributed by atoms with Gasteiger partial charge in [-0.15, -0.1) is 0 Å². The van der Waals surface area contributed by atoms with Crippen LogP contribution in [0, 0.1) is 5.92 Å². The Balaban J connectivity index is 2.38. The topological polar surface area (TPSA) is 69.8 Å². The van der Waals surface area contributed by atoms with Crippen molar-refractivity contribution in [2.24, 2.45) is 11.7 Å². The van der Waals surface area contributed by atoms with E-state index in [-0.39, 0.29) is 18.4 Å². The average Bonchev–Trinajstić information content (AvgIpc) is 2.32.